The molecule has 13 nitrogen and oxygen atoms in total. The molecule has 24 heavy (non-hydrogen) atoms. The van der Waals surface area contributed by atoms with Crippen LogP contribution in [0.15, 0.2) is 15.9 Å². The monoisotopic (exact) mass is 369 g/mol. The molecule has 6 N–H and O–H groups in total. The summed E-state index contributed by atoms with van der Waals surface area (Å²) in [5.74, 6) is 5.41. The van der Waals surface area contributed by atoms with Crippen LogP contribution in [0.25, 0.3) is 0 Å². The average molecular weight is 369 g/mol. The molecule has 0 aromatic carbocycles. The zero-order chi connectivity index (χ0) is 18.4. The normalized spacial score (nSPS) is 28.9. The molecule has 0 amide bonds. The molecule has 0 bridgehead atoms. The zero-order valence-corrected chi connectivity index (χ0v) is 13.6. The van der Waals surface area contributed by atoms with Gasteiger partial charge in [-0.1, -0.05) is 0 Å². The Kier molecular flexibility index (Phi) is 4.97. The fraction of sp³-hybridized carbons (Fsp3) is 0.700. The van der Waals surface area contributed by atoms with Crippen LogP contribution in [0.5, 0.6) is 0 Å². The van der Waals surface area contributed by atoms with Crippen LogP contribution in [0, 0.1) is 0 Å². The van der Waals surface area contributed by atoms with Crippen LogP contribution in [0.2, 0.25) is 0 Å². The molecule has 0 spiro atoms. The van der Waals surface area contributed by atoms with E-state index < -0.39 is 49.8 Å². The number of rotatable bonds is 4. The number of ether oxygens (including phenoxy) is 1. The molecule has 1 saturated heterocycles. The van der Waals surface area contributed by atoms with Gasteiger partial charge >= 0.3 is 19.2 Å². The standard InChI is InChI=1S/C10H17N4O9P/c1-4(23-24(19,20)21)7-5(15)6(16)8(22-7)13-3-14(11)10(18)12(2)9(13)17/h3-8,15-16H,11H2,1-2H3,(H-,19,20,21)/p+1/t4?,5-,6+,7+,8+/m0/s1. The van der Waals surface area contributed by atoms with Crippen molar-refractivity contribution in [1.29, 1.82) is 0 Å². The number of nitrogen functional groups attached to an aromatic ring is 1. The Morgan fingerprint density at radius 3 is 2.50 bits per heavy atom. The van der Waals surface area contributed by atoms with Gasteiger partial charge in [0.25, 0.3) is 0 Å². The van der Waals surface area contributed by atoms with Crippen LogP contribution in [-0.2, 0) is 20.9 Å². The highest BCUT2D eigenvalue weighted by atomic mass is 31.2. The minimum Gasteiger partial charge on any atom is -0.387 e. The summed E-state index contributed by atoms with van der Waals surface area (Å²) >= 11 is 0. The van der Waals surface area contributed by atoms with Crippen molar-refractivity contribution in [3.63, 3.8) is 0 Å². The Balaban J connectivity index is 2.36. The number of phosphoric acid groups is 1. The number of aliphatic hydroxyl groups excluding tert-OH is 2. The predicted molar refractivity (Wildman–Crippen MR) is 74.8 cm³/mol. The van der Waals surface area contributed by atoms with Gasteiger partial charge in [0, 0.05) is 0 Å². The highest BCUT2D eigenvalue weighted by molar-refractivity contribution is 7.46. The molecule has 1 aliphatic rings. The number of phosphoric ester groups is 1. The molecule has 0 saturated carbocycles. The molecule has 2 rings (SSSR count). The van der Waals surface area contributed by atoms with Crippen LogP contribution >= 0.6 is 7.82 Å². The number of hydrogen-bond acceptors (Lipinski definition) is 8. The molecule has 1 fully saturated rings. The Bertz CT molecular complexity index is 786. The first-order chi connectivity index (χ1) is 10.9. The first-order valence-electron chi connectivity index (χ1n) is 6.68. The van der Waals surface area contributed by atoms with E-state index in [1.165, 1.54) is 6.92 Å². The first kappa shape index (κ1) is 18.7. The number of nitrogens with two attached hydrogens (primary N) is 1. The average Bonchev–Trinajstić information content (AvgIpc) is 2.75. The van der Waals surface area contributed by atoms with Gasteiger partial charge in [-0.05, 0) is 6.92 Å². The lowest BCUT2D eigenvalue weighted by molar-refractivity contribution is -0.785. The lowest BCUT2D eigenvalue weighted by Crippen LogP contribution is -2.65. The molecule has 2 heterocycles. The van der Waals surface area contributed by atoms with Crippen LogP contribution in [0.3, 0.4) is 0 Å². The molecular weight excluding hydrogens is 351 g/mol. The van der Waals surface area contributed by atoms with Crippen molar-refractivity contribution in [2.24, 2.45) is 7.05 Å². The maximum atomic E-state index is 12.1. The molecule has 0 radical (unpaired) electrons. The largest absolute Gasteiger partial charge is 0.469 e. The van der Waals surface area contributed by atoms with Crippen molar-refractivity contribution in [3.05, 3.63) is 27.3 Å². The lowest BCUT2D eigenvalue weighted by Gasteiger charge is -2.22. The van der Waals surface area contributed by atoms with Gasteiger partial charge in [0.05, 0.1) is 13.2 Å². The molecule has 1 aromatic rings. The van der Waals surface area contributed by atoms with Gasteiger partial charge in [-0.25, -0.2) is 14.2 Å². The van der Waals surface area contributed by atoms with E-state index in [1.54, 1.807) is 0 Å². The van der Waals surface area contributed by atoms with E-state index in [2.05, 4.69) is 4.52 Å². The van der Waals surface area contributed by atoms with Gasteiger partial charge in [0.1, 0.15) is 18.3 Å². The van der Waals surface area contributed by atoms with Gasteiger partial charge < -0.3 is 24.7 Å². The van der Waals surface area contributed by atoms with E-state index in [0.29, 0.717) is 9.24 Å². The molecule has 14 heteroatoms. The molecule has 1 unspecified atom stereocenters. The molecule has 1 aliphatic heterocycles. The highest BCUT2D eigenvalue weighted by Crippen LogP contribution is 2.40. The number of aliphatic hydroxyl groups is 2. The zero-order valence-electron chi connectivity index (χ0n) is 12.7. The number of aromatic nitrogens is 3. The van der Waals surface area contributed by atoms with Crippen LogP contribution in [-0.4, -0.2) is 53.7 Å². The Labute approximate surface area is 134 Å². The predicted octanol–water partition coefficient (Wildman–Crippen LogP) is -4.33. The molecule has 5 atom stereocenters. The third-order valence-corrected chi connectivity index (χ3v) is 4.19. The summed E-state index contributed by atoms with van der Waals surface area (Å²) in [6.45, 7) is 1.22. The SMILES string of the molecule is CC(OP(=O)(O)O)[C@H]1O[C@@H]([n+]2cn(N)c(=O)n(C)c2=O)[C@H](O)[C@@H]1O. The van der Waals surface area contributed by atoms with Crippen molar-refractivity contribution in [2.45, 2.75) is 37.6 Å². The van der Waals surface area contributed by atoms with E-state index >= 15 is 0 Å². The Morgan fingerprint density at radius 2 is 1.96 bits per heavy atom. The van der Waals surface area contributed by atoms with E-state index in [9.17, 15) is 24.4 Å². The van der Waals surface area contributed by atoms with Crippen LogP contribution in [0.1, 0.15) is 13.2 Å². The number of hydrogen-bond donors (Lipinski definition) is 5. The second kappa shape index (κ2) is 6.37. The van der Waals surface area contributed by atoms with Gasteiger partial charge in [0.15, 0.2) is 0 Å². The molecule has 1 aromatic heterocycles. The summed E-state index contributed by atoms with van der Waals surface area (Å²) < 4.78 is 22.6. The summed E-state index contributed by atoms with van der Waals surface area (Å²) in [5, 5.41) is 20.1. The summed E-state index contributed by atoms with van der Waals surface area (Å²) in [7, 11) is -3.70. The minimum atomic E-state index is -4.85. The van der Waals surface area contributed by atoms with Crippen molar-refractivity contribution in [3.8, 4) is 0 Å². The van der Waals surface area contributed by atoms with Crippen LogP contribution in [0.4, 0.5) is 0 Å². The maximum Gasteiger partial charge on any atom is 0.469 e. The molecule has 136 valence electrons. The maximum absolute atomic E-state index is 12.1. The van der Waals surface area contributed by atoms with Crippen molar-refractivity contribution in [1.82, 2.24) is 9.24 Å². The third-order valence-electron chi connectivity index (χ3n) is 3.58. The quantitative estimate of drug-likeness (QED) is 0.197. The second-order valence-electron chi connectivity index (χ2n) is 5.33. The smallest absolute Gasteiger partial charge is 0.387 e. The summed E-state index contributed by atoms with van der Waals surface area (Å²) in [6, 6.07) is 0. The lowest BCUT2D eigenvalue weighted by atomic mass is 10.1. The van der Waals surface area contributed by atoms with E-state index in [4.69, 9.17) is 20.4 Å². The van der Waals surface area contributed by atoms with E-state index in [1.807, 2.05) is 0 Å². The van der Waals surface area contributed by atoms with Crippen molar-refractivity contribution >= 4 is 7.82 Å². The topological polar surface area (TPSA) is 190 Å². The van der Waals surface area contributed by atoms with Crippen molar-refractivity contribution in [2.75, 3.05) is 5.84 Å². The summed E-state index contributed by atoms with van der Waals surface area (Å²) in [6.07, 6.45) is -6.44. The summed E-state index contributed by atoms with van der Waals surface area (Å²) in [4.78, 5) is 41.3. The fourth-order valence-corrected chi connectivity index (χ4v) is 2.97. The van der Waals surface area contributed by atoms with E-state index in [0.717, 1.165) is 17.9 Å². The Hall–Kier alpha value is -1.60. The van der Waals surface area contributed by atoms with Crippen molar-refractivity contribution < 1.29 is 38.4 Å². The van der Waals surface area contributed by atoms with Gasteiger partial charge in [-0.15, -0.1) is 4.68 Å². The van der Waals surface area contributed by atoms with E-state index in [-0.39, 0.29) is 0 Å². The van der Waals surface area contributed by atoms with Gasteiger partial charge in [-0.2, -0.15) is 9.13 Å². The Morgan fingerprint density at radius 1 is 1.38 bits per heavy atom. The first-order valence-corrected chi connectivity index (χ1v) is 8.21. The van der Waals surface area contributed by atoms with Gasteiger partial charge in [0.2, 0.25) is 12.6 Å². The van der Waals surface area contributed by atoms with Gasteiger partial charge in [-0.3, -0.25) is 10.4 Å². The number of nitrogens with zero attached hydrogens (tertiary/aromatic N) is 3. The molecule has 0 aliphatic carbocycles. The second-order valence-corrected chi connectivity index (χ2v) is 6.52. The third kappa shape index (κ3) is 3.42. The fourth-order valence-electron chi connectivity index (χ4n) is 2.42. The highest BCUT2D eigenvalue weighted by Gasteiger charge is 2.50. The summed E-state index contributed by atoms with van der Waals surface area (Å²) in [5.41, 5.74) is -1.69. The van der Waals surface area contributed by atoms with Crippen LogP contribution < -0.4 is 21.8 Å². The minimum absolute atomic E-state index is 0.576. The molecular formula is C10H18N4O9P+.